The molecule has 136 valence electrons. The van der Waals surface area contributed by atoms with Crippen molar-refractivity contribution in [3.8, 4) is 10.6 Å². The first kappa shape index (κ1) is 16.8. The van der Waals surface area contributed by atoms with Crippen molar-refractivity contribution in [1.29, 1.82) is 0 Å². The van der Waals surface area contributed by atoms with Gasteiger partial charge in [-0.25, -0.2) is 4.63 Å². The van der Waals surface area contributed by atoms with Crippen molar-refractivity contribution >= 4 is 17.4 Å². The summed E-state index contributed by atoms with van der Waals surface area (Å²) in [5.41, 5.74) is 2.93. The van der Waals surface area contributed by atoms with Crippen LogP contribution in [0.4, 0.5) is 0 Å². The standard InChI is InChI=1S/C16H18N6O3S/c1-9-6-13(24-18-9)16-15(17-21-26-16)11-4-3-5-22(8-11)14(23)7-12-10(2)19-25-20-12/h6,11H,3-5,7-8H2,1-2H3. The highest BCUT2D eigenvalue weighted by Crippen LogP contribution is 2.35. The van der Waals surface area contributed by atoms with Crippen LogP contribution < -0.4 is 0 Å². The molecule has 4 rings (SSSR count). The molecule has 0 N–H and O–H groups in total. The van der Waals surface area contributed by atoms with E-state index in [1.807, 2.05) is 17.9 Å². The van der Waals surface area contributed by atoms with E-state index in [4.69, 9.17) is 4.52 Å². The Bertz CT molecular complexity index is 917. The van der Waals surface area contributed by atoms with Gasteiger partial charge in [-0.05, 0) is 38.2 Å². The van der Waals surface area contributed by atoms with Crippen LogP contribution in [0.3, 0.4) is 0 Å². The molecule has 1 aliphatic heterocycles. The maximum Gasteiger partial charge on any atom is 0.228 e. The Morgan fingerprint density at radius 2 is 2.23 bits per heavy atom. The number of carbonyl (C=O) groups is 1. The van der Waals surface area contributed by atoms with Crippen LogP contribution in [0.2, 0.25) is 0 Å². The zero-order valence-corrected chi connectivity index (χ0v) is 15.3. The number of hydrogen-bond acceptors (Lipinski definition) is 9. The molecule has 3 aromatic heterocycles. The Morgan fingerprint density at radius 3 is 2.96 bits per heavy atom. The zero-order valence-electron chi connectivity index (χ0n) is 14.5. The van der Waals surface area contributed by atoms with Gasteiger partial charge >= 0.3 is 0 Å². The molecule has 0 spiro atoms. The number of hydrogen-bond donors (Lipinski definition) is 0. The summed E-state index contributed by atoms with van der Waals surface area (Å²) in [7, 11) is 0. The van der Waals surface area contributed by atoms with Gasteiger partial charge in [-0.2, -0.15) is 0 Å². The Balaban J connectivity index is 1.50. The molecule has 4 heterocycles. The van der Waals surface area contributed by atoms with Gasteiger partial charge in [0.2, 0.25) is 5.91 Å². The van der Waals surface area contributed by atoms with Crippen molar-refractivity contribution in [2.24, 2.45) is 0 Å². The lowest BCUT2D eigenvalue weighted by Crippen LogP contribution is -2.40. The number of aromatic nitrogens is 5. The topological polar surface area (TPSA) is 111 Å². The average Bonchev–Trinajstić information content (AvgIpc) is 3.37. The number of piperidine rings is 1. The van der Waals surface area contributed by atoms with E-state index in [2.05, 4.69) is 29.7 Å². The summed E-state index contributed by atoms with van der Waals surface area (Å²) >= 11 is 1.30. The predicted molar refractivity (Wildman–Crippen MR) is 91.4 cm³/mol. The SMILES string of the molecule is Cc1cc(-c2snnc2C2CCCN(C(=O)Cc3nonc3C)C2)on1. The quantitative estimate of drug-likeness (QED) is 0.683. The first-order valence-electron chi connectivity index (χ1n) is 8.43. The number of aryl methyl sites for hydroxylation is 2. The molecule has 1 unspecified atom stereocenters. The molecule has 9 nitrogen and oxygen atoms in total. The van der Waals surface area contributed by atoms with Crippen LogP contribution in [0, 0.1) is 13.8 Å². The third-order valence-corrected chi connectivity index (χ3v) is 5.35. The summed E-state index contributed by atoms with van der Waals surface area (Å²) in [6.45, 7) is 5.00. The molecule has 0 saturated carbocycles. The van der Waals surface area contributed by atoms with Gasteiger partial charge in [0.1, 0.15) is 16.3 Å². The van der Waals surface area contributed by atoms with Crippen LogP contribution in [0.15, 0.2) is 15.2 Å². The van der Waals surface area contributed by atoms with Gasteiger partial charge < -0.3 is 9.42 Å². The molecule has 26 heavy (non-hydrogen) atoms. The van der Waals surface area contributed by atoms with E-state index in [0.717, 1.165) is 35.7 Å². The van der Waals surface area contributed by atoms with Crippen molar-refractivity contribution in [1.82, 2.24) is 30.0 Å². The fraction of sp³-hybridized carbons (Fsp3) is 0.500. The molecule has 0 radical (unpaired) electrons. The molecule has 1 aliphatic rings. The molecule has 1 amide bonds. The van der Waals surface area contributed by atoms with Gasteiger partial charge in [-0.15, -0.1) is 5.10 Å². The number of nitrogens with zero attached hydrogens (tertiary/aromatic N) is 6. The van der Waals surface area contributed by atoms with Crippen LogP contribution in [-0.2, 0) is 11.2 Å². The summed E-state index contributed by atoms with van der Waals surface area (Å²) in [6.07, 6.45) is 2.07. The number of amides is 1. The number of rotatable bonds is 4. The summed E-state index contributed by atoms with van der Waals surface area (Å²) < 4.78 is 14.1. The van der Waals surface area contributed by atoms with Crippen LogP contribution in [0.25, 0.3) is 10.6 Å². The minimum atomic E-state index is 0.0220. The van der Waals surface area contributed by atoms with Crippen LogP contribution in [-0.4, -0.2) is 49.0 Å². The summed E-state index contributed by atoms with van der Waals surface area (Å²) in [6, 6.07) is 1.88. The Morgan fingerprint density at radius 1 is 1.35 bits per heavy atom. The molecule has 0 bridgehead atoms. The van der Waals surface area contributed by atoms with Gasteiger partial charge in [-0.3, -0.25) is 4.79 Å². The lowest BCUT2D eigenvalue weighted by Gasteiger charge is -2.32. The Hall–Kier alpha value is -2.62. The summed E-state index contributed by atoms with van der Waals surface area (Å²) in [4.78, 5) is 15.4. The van der Waals surface area contributed by atoms with Gasteiger partial charge in [0.15, 0.2) is 5.76 Å². The highest BCUT2D eigenvalue weighted by atomic mass is 32.1. The predicted octanol–water partition coefficient (Wildman–Crippen LogP) is 2.14. The van der Waals surface area contributed by atoms with E-state index >= 15 is 0 Å². The molecule has 0 aliphatic carbocycles. The van der Waals surface area contributed by atoms with E-state index in [9.17, 15) is 4.79 Å². The maximum atomic E-state index is 12.6. The van der Waals surface area contributed by atoms with Crippen molar-refractivity contribution in [3.05, 3.63) is 28.8 Å². The van der Waals surface area contributed by atoms with E-state index in [-0.39, 0.29) is 18.2 Å². The second-order valence-electron chi connectivity index (χ2n) is 6.47. The third kappa shape index (κ3) is 3.24. The lowest BCUT2D eigenvalue weighted by molar-refractivity contribution is -0.131. The van der Waals surface area contributed by atoms with Crippen molar-refractivity contribution in [3.63, 3.8) is 0 Å². The van der Waals surface area contributed by atoms with E-state index in [0.29, 0.717) is 23.7 Å². The average molecular weight is 374 g/mol. The molecule has 0 aromatic carbocycles. The van der Waals surface area contributed by atoms with Gasteiger partial charge in [0.25, 0.3) is 0 Å². The fourth-order valence-corrected chi connectivity index (χ4v) is 3.90. The smallest absolute Gasteiger partial charge is 0.228 e. The normalized spacial score (nSPS) is 17.6. The van der Waals surface area contributed by atoms with Crippen molar-refractivity contribution in [2.45, 2.75) is 39.0 Å². The van der Waals surface area contributed by atoms with Gasteiger partial charge in [0.05, 0.1) is 17.8 Å². The summed E-state index contributed by atoms with van der Waals surface area (Å²) in [5.74, 6) is 0.831. The van der Waals surface area contributed by atoms with E-state index in [1.54, 1.807) is 6.92 Å². The fourth-order valence-electron chi connectivity index (χ4n) is 3.20. The minimum absolute atomic E-state index is 0.0220. The third-order valence-electron chi connectivity index (χ3n) is 4.59. The molecule has 10 heteroatoms. The molecule has 1 atom stereocenters. The highest BCUT2D eigenvalue weighted by Gasteiger charge is 2.30. The summed E-state index contributed by atoms with van der Waals surface area (Å²) in [5, 5.41) is 15.8. The molecular weight excluding hydrogens is 356 g/mol. The highest BCUT2D eigenvalue weighted by molar-refractivity contribution is 7.09. The second-order valence-corrected chi connectivity index (χ2v) is 7.23. The van der Waals surface area contributed by atoms with Crippen LogP contribution in [0.5, 0.6) is 0 Å². The monoisotopic (exact) mass is 374 g/mol. The van der Waals surface area contributed by atoms with E-state index < -0.39 is 0 Å². The Labute approximate surface area is 153 Å². The second kappa shape index (κ2) is 6.94. The first-order valence-corrected chi connectivity index (χ1v) is 9.21. The number of likely N-dealkylation sites (tertiary alicyclic amines) is 1. The maximum absolute atomic E-state index is 12.6. The first-order chi connectivity index (χ1) is 12.6. The molecular formula is C16H18N6O3S. The number of carbonyl (C=O) groups excluding carboxylic acids is 1. The molecule has 1 saturated heterocycles. The molecule has 3 aromatic rings. The van der Waals surface area contributed by atoms with Crippen molar-refractivity contribution < 1.29 is 13.9 Å². The van der Waals surface area contributed by atoms with Crippen molar-refractivity contribution in [2.75, 3.05) is 13.1 Å². The largest absolute Gasteiger partial charge is 0.355 e. The van der Waals surface area contributed by atoms with Gasteiger partial charge in [0, 0.05) is 25.1 Å². The minimum Gasteiger partial charge on any atom is -0.355 e. The Kier molecular flexibility index (Phi) is 4.49. The van der Waals surface area contributed by atoms with Crippen LogP contribution in [0.1, 0.15) is 41.5 Å². The molecule has 1 fully saturated rings. The van der Waals surface area contributed by atoms with Crippen LogP contribution >= 0.6 is 11.5 Å². The zero-order chi connectivity index (χ0) is 18.1. The van der Waals surface area contributed by atoms with E-state index in [1.165, 1.54) is 11.5 Å². The van der Waals surface area contributed by atoms with Gasteiger partial charge in [-0.1, -0.05) is 20.0 Å². The lowest BCUT2D eigenvalue weighted by atomic mass is 9.93.